The van der Waals surface area contributed by atoms with Crippen LogP contribution in [0.5, 0.6) is 0 Å². The van der Waals surface area contributed by atoms with E-state index in [0.29, 0.717) is 12.2 Å². The van der Waals surface area contributed by atoms with Gasteiger partial charge in [-0.1, -0.05) is 20.4 Å². The maximum atomic E-state index is 11.5. The van der Waals surface area contributed by atoms with Crippen LogP contribution in [0.1, 0.15) is 33.6 Å². The predicted molar refractivity (Wildman–Crippen MR) is 64.8 cm³/mol. The monoisotopic (exact) mass is 242 g/mol. The Balaban J connectivity index is 2.42. The third-order valence-electron chi connectivity index (χ3n) is 2.72. The van der Waals surface area contributed by atoms with Crippen molar-refractivity contribution in [3.05, 3.63) is 12.2 Å². The van der Waals surface area contributed by atoms with Crippen LogP contribution in [0, 0.1) is 0 Å². The summed E-state index contributed by atoms with van der Waals surface area (Å²) in [6.45, 7) is 10.6. The van der Waals surface area contributed by atoms with E-state index < -0.39 is 0 Å². The minimum Gasteiger partial charge on any atom is -0.456 e. The molecule has 1 fully saturated rings. The summed E-state index contributed by atoms with van der Waals surface area (Å²) < 4.78 is 16.2. The summed E-state index contributed by atoms with van der Waals surface area (Å²) >= 11 is 0. The second-order valence-electron chi connectivity index (χ2n) is 4.37. The summed E-state index contributed by atoms with van der Waals surface area (Å²) in [5, 5.41) is 0. The van der Waals surface area contributed by atoms with Gasteiger partial charge in [0.25, 0.3) is 0 Å². The molecule has 3 atom stereocenters. The zero-order valence-electron chi connectivity index (χ0n) is 10.9. The van der Waals surface area contributed by atoms with E-state index in [9.17, 15) is 4.79 Å². The van der Waals surface area contributed by atoms with Crippen molar-refractivity contribution in [1.29, 1.82) is 0 Å². The molecule has 98 valence electrons. The molecule has 1 saturated heterocycles. The topological polar surface area (TPSA) is 48.1 Å². The SMILES string of the molecule is C=C(C)C(=O)OC(CC)C(CC)OCC1CO1. The van der Waals surface area contributed by atoms with Crippen LogP contribution in [-0.4, -0.2) is 37.5 Å². The van der Waals surface area contributed by atoms with Crippen molar-refractivity contribution in [3.8, 4) is 0 Å². The normalized spacial score (nSPS) is 21.7. The summed E-state index contributed by atoms with van der Waals surface area (Å²) in [5.74, 6) is -0.346. The summed E-state index contributed by atoms with van der Waals surface area (Å²) in [6.07, 6.45) is 1.52. The molecule has 3 unspecified atom stereocenters. The Labute approximate surface area is 103 Å². The van der Waals surface area contributed by atoms with E-state index in [-0.39, 0.29) is 24.3 Å². The van der Waals surface area contributed by atoms with Crippen LogP contribution in [0.25, 0.3) is 0 Å². The van der Waals surface area contributed by atoms with Crippen molar-refractivity contribution >= 4 is 5.97 Å². The lowest BCUT2D eigenvalue weighted by Crippen LogP contribution is -2.33. The fraction of sp³-hybridized carbons (Fsp3) is 0.769. The molecule has 1 aliphatic rings. The van der Waals surface area contributed by atoms with Gasteiger partial charge >= 0.3 is 5.97 Å². The van der Waals surface area contributed by atoms with Crippen molar-refractivity contribution < 1.29 is 19.0 Å². The largest absolute Gasteiger partial charge is 0.456 e. The summed E-state index contributed by atoms with van der Waals surface area (Å²) in [7, 11) is 0. The standard InChI is InChI=1S/C13H22O4/c1-5-11(16-8-10-7-15-10)12(6-2)17-13(14)9(3)4/h10-12H,3,5-8H2,1-2,4H3. The molecular formula is C13H22O4. The lowest BCUT2D eigenvalue weighted by molar-refractivity contribution is -0.153. The highest BCUT2D eigenvalue weighted by molar-refractivity contribution is 5.87. The molecule has 17 heavy (non-hydrogen) atoms. The van der Waals surface area contributed by atoms with Crippen molar-refractivity contribution in [2.24, 2.45) is 0 Å². The quantitative estimate of drug-likeness (QED) is 0.371. The van der Waals surface area contributed by atoms with Crippen molar-refractivity contribution in [3.63, 3.8) is 0 Å². The Bertz CT molecular complexity index is 271. The highest BCUT2D eigenvalue weighted by Gasteiger charge is 2.28. The molecule has 1 rings (SSSR count). The van der Waals surface area contributed by atoms with Crippen LogP contribution in [-0.2, 0) is 19.0 Å². The first-order valence-electron chi connectivity index (χ1n) is 6.18. The van der Waals surface area contributed by atoms with Crippen molar-refractivity contribution in [2.45, 2.75) is 51.9 Å². The molecule has 0 N–H and O–H groups in total. The summed E-state index contributed by atoms with van der Waals surface area (Å²) in [4.78, 5) is 11.5. The Morgan fingerprint density at radius 3 is 2.41 bits per heavy atom. The van der Waals surface area contributed by atoms with Gasteiger partial charge in [-0.25, -0.2) is 4.79 Å². The van der Waals surface area contributed by atoms with Gasteiger partial charge in [-0.2, -0.15) is 0 Å². The maximum Gasteiger partial charge on any atom is 0.333 e. The van der Waals surface area contributed by atoms with Gasteiger partial charge in [0.05, 0.1) is 19.3 Å². The van der Waals surface area contributed by atoms with Crippen LogP contribution in [0.2, 0.25) is 0 Å². The van der Waals surface area contributed by atoms with Crippen molar-refractivity contribution in [2.75, 3.05) is 13.2 Å². The zero-order valence-corrected chi connectivity index (χ0v) is 10.9. The number of carbonyl (C=O) groups is 1. The van der Waals surface area contributed by atoms with E-state index in [1.165, 1.54) is 0 Å². The number of ether oxygens (including phenoxy) is 3. The smallest absolute Gasteiger partial charge is 0.333 e. The molecule has 0 aromatic heterocycles. The highest BCUT2D eigenvalue weighted by atomic mass is 16.6. The van der Waals surface area contributed by atoms with Gasteiger partial charge in [0, 0.05) is 5.57 Å². The Morgan fingerprint density at radius 1 is 1.41 bits per heavy atom. The third kappa shape index (κ3) is 4.88. The van der Waals surface area contributed by atoms with E-state index in [2.05, 4.69) is 6.58 Å². The molecule has 0 radical (unpaired) electrons. The lowest BCUT2D eigenvalue weighted by Gasteiger charge is -2.25. The molecular weight excluding hydrogens is 220 g/mol. The van der Waals surface area contributed by atoms with E-state index in [4.69, 9.17) is 14.2 Å². The average Bonchev–Trinajstić information content (AvgIpc) is 3.11. The molecule has 0 aromatic carbocycles. The zero-order chi connectivity index (χ0) is 12.8. The molecule has 4 nitrogen and oxygen atoms in total. The number of rotatable bonds is 8. The van der Waals surface area contributed by atoms with E-state index >= 15 is 0 Å². The summed E-state index contributed by atoms with van der Waals surface area (Å²) in [6, 6.07) is 0. The molecule has 0 aromatic rings. The van der Waals surface area contributed by atoms with Gasteiger partial charge in [-0.15, -0.1) is 0 Å². The predicted octanol–water partition coefficient (Wildman–Crippen LogP) is 2.08. The lowest BCUT2D eigenvalue weighted by atomic mass is 10.1. The third-order valence-corrected chi connectivity index (χ3v) is 2.72. The maximum absolute atomic E-state index is 11.5. The number of epoxide rings is 1. The van der Waals surface area contributed by atoms with Crippen LogP contribution in [0.3, 0.4) is 0 Å². The molecule has 4 heteroatoms. The van der Waals surface area contributed by atoms with Gasteiger partial charge < -0.3 is 14.2 Å². The molecule has 0 spiro atoms. The molecule has 0 amide bonds. The van der Waals surface area contributed by atoms with Crippen molar-refractivity contribution in [1.82, 2.24) is 0 Å². The Morgan fingerprint density at radius 2 is 2.00 bits per heavy atom. The first-order valence-corrected chi connectivity index (χ1v) is 6.18. The molecule has 0 aliphatic carbocycles. The van der Waals surface area contributed by atoms with Crippen LogP contribution in [0.15, 0.2) is 12.2 Å². The first-order chi connectivity index (χ1) is 8.08. The second-order valence-corrected chi connectivity index (χ2v) is 4.37. The molecule has 1 heterocycles. The fourth-order valence-corrected chi connectivity index (χ4v) is 1.54. The summed E-state index contributed by atoms with van der Waals surface area (Å²) in [5.41, 5.74) is 0.420. The first kappa shape index (κ1) is 14.2. The molecule has 0 bridgehead atoms. The Kier molecular flexibility index (Phi) is 5.65. The number of hydrogen-bond donors (Lipinski definition) is 0. The highest BCUT2D eigenvalue weighted by Crippen LogP contribution is 2.17. The average molecular weight is 242 g/mol. The van der Waals surface area contributed by atoms with Gasteiger partial charge in [0.1, 0.15) is 12.2 Å². The Hall–Kier alpha value is -0.870. The molecule has 0 saturated carbocycles. The second kappa shape index (κ2) is 6.77. The van der Waals surface area contributed by atoms with Gasteiger partial charge in [-0.3, -0.25) is 0 Å². The number of hydrogen-bond acceptors (Lipinski definition) is 4. The van der Waals surface area contributed by atoms with Crippen LogP contribution >= 0.6 is 0 Å². The number of esters is 1. The van der Waals surface area contributed by atoms with Gasteiger partial charge in [-0.05, 0) is 19.8 Å². The van der Waals surface area contributed by atoms with Gasteiger partial charge in [0.2, 0.25) is 0 Å². The minimum absolute atomic E-state index is 0.0625. The van der Waals surface area contributed by atoms with Gasteiger partial charge in [0.15, 0.2) is 0 Å². The molecule has 1 aliphatic heterocycles. The fourth-order valence-electron chi connectivity index (χ4n) is 1.54. The van der Waals surface area contributed by atoms with Crippen LogP contribution in [0.4, 0.5) is 0 Å². The van der Waals surface area contributed by atoms with E-state index in [1.54, 1.807) is 6.92 Å². The minimum atomic E-state index is -0.346. The number of carbonyl (C=O) groups excluding carboxylic acids is 1. The van der Waals surface area contributed by atoms with E-state index in [1.807, 2.05) is 13.8 Å². The van der Waals surface area contributed by atoms with Crippen LogP contribution < -0.4 is 0 Å². The van der Waals surface area contributed by atoms with E-state index in [0.717, 1.165) is 19.4 Å².